The van der Waals surface area contributed by atoms with E-state index >= 15 is 0 Å². The van der Waals surface area contributed by atoms with E-state index in [2.05, 4.69) is 20.6 Å². The number of benzene rings is 1. The first-order valence-electron chi connectivity index (χ1n) is 6.27. The van der Waals surface area contributed by atoms with Crippen molar-refractivity contribution in [1.29, 1.82) is 0 Å². The minimum absolute atomic E-state index is 0.118. The van der Waals surface area contributed by atoms with Gasteiger partial charge in [-0.1, -0.05) is 0 Å². The van der Waals surface area contributed by atoms with Gasteiger partial charge in [-0.25, -0.2) is 14.8 Å². The number of carbonyl (C=O) groups is 1. The normalized spacial score (nSPS) is 10.3. The van der Waals surface area contributed by atoms with Crippen molar-refractivity contribution in [2.45, 2.75) is 0 Å². The van der Waals surface area contributed by atoms with Gasteiger partial charge in [-0.05, 0) is 18.2 Å². The minimum atomic E-state index is -0.118. The number of hydrogen-bond acceptors (Lipinski definition) is 5. The summed E-state index contributed by atoms with van der Waals surface area (Å²) in [4.78, 5) is 21.2. The second-order valence-corrected chi connectivity index (χ2v) is 4.55. The Morgan fingerprint density at radius 3 is 2.85 bits per heavy atom. The number of nitrogens with zero attached hydrogens (tertiary/aromatic N) is 3. The van der Waals surface area contributed by atoms with Gasteiger partial charge < -0.3 is 21.3 Å². The molecule has 0 aliphatic carbocycles. The molecule has 1 aromatic carbocycles. The molecule has 0 unspecified atom stereocenters. The fraction of sp³-hybridized carbons (Fsp3) is 0.308. The van der Waals surface area contributed by atoms with Crippen molar-refractivity contribution in [2.24, 2.45) is 0 Å². The maximum absolute atomic E-state index is 11.4. The number of aromatic nitrogens is 2. The lowest BCUT2D eigenvalue weighted by molar-refractivity contribution is 0.218. The van der Waals surface area contributed by atoms with Crippen LogP contribution in [-0.2, 0) is 0 Å². The lowest BCUT2D eigenvalue weighted by atomic mass is 10.2. The van der Waals surface area contributed by atoms with E-state index in [9.17, 15) is 4.79 Å². The van der Waals surface area contributed by atoms with Gasteiger partial charge in [-0.3, -0.25) is 0 Å². The van der Waals surface area contributed by atoms with Gasteiger partial charge in [-0.15, -0.1) is 0 Å². The molecule has 0 atom stereocenters. The summed E-state index contributed by atoms with van der Waals surface area (Å²) < 4.78 is 0. The summed E-state index contributed by atoms with van der Waals surface area (Å²) in [5, 5.41) is 6.85. The average molecular weight is 274 g/mol. The standard InChI is InChI=1S/C13H18N6O/c1-19(2)13(20)16-6-5-15-12-10-4-3-9(14)7-11(10)17-8-18-12/h3-4,7-8H,5-6,14H2,1-2H3,(H,16,20)(H,15,17,18). The molecule has 1 heterocycles. The van der Waals surface area contributed by atoms with Crippen LogP contribution in [0.4, 0.5) is 16.3 Å². The van der Waals surface area contributed by atoms with Crippen molar-refractivity contribution in [3.63, 3.8) is 0 Å². The zero-order valence-electron chi connectivity index (χ0n) is 11.6. The number of nitrogens with one attached hydrogen (secondary N) is 2. The molecule has 2 rings (SSSR count). The zero-order valence-corrected chi connectivity index (χ0v) is 11.6. The van der Waals surface area contributed by atoms with Crippen molar-refractivity contribution in [2.75, 3.05) is 38.2 Å². The van der Waals surface area contributed by atoms with E-state index in [1.807, 2.05) is 12.1 Å². The van der Waals surface area contributed by atoms with Gasteiger partial charge in [0, 0.05) is 38.3 Å². The van der Waals surface area contributed by atoms with Gasteiger partial charge >= 0.3 is 6.03 Å². The maximum Gasteiger partial charge on any atom is 0.316 e. The molecule has 2 amide bonds. The number of nitrogens with two attached hydrogens (primary N) is 1. The molecule has 20 heavy (non-hydrogen) atoms. The summed E-state index contributed by atoms with van der Waals surface area (Å²) in [5.41, 5.74) is 7.18. The highest BCUT2D eigenvalue weighted by atomic mass is 16.2. The van der Waals surface area contributed by atoms with Crippen LogP contribution >= 0.6 is 0 Å². The van der Waals surface area contributed by atoms with Crippen molar-refractivity contribution < 1.29 is 4.79 Å². The summed E-state index contributed by atoms with van der Waals surface area (Å²) in [6.07, 6.45) is 1.49. The summed E-state index contributed by atoms with van der Waals surface area (Å²) in [6, 6.07) is 5.37. The molecule has 0 radical (unpaired) electrons. The molecule has 7 heteroatoms. The molecule has 4 N–H and O–H groups in total. The van der Waals surface area contributed by atoms with Gasteiger partial charge in [0.2, 0.25) is 0 Å². The molecule has 0 saturated carbocycles. The topological polar surface area (TPSA) is 96.2 Å². The van der Waals surface area contributed by atoms with Gasteiger partial charge in [0.1, 0.15) is 12.1 Å². The first-order valence-corrected chi connectivity index (χ1v) is 6.27. The van der Waals surface area contributed by atoms with Gasteiger partial charge in [0.25, 0.3) is 0 Å². The Labute approximate surface area is 117 Å². The third-order valence-electron chi connectivity index (χ3n) is 2.76. The van der Waals surface area contributed by atoms with Crippen LogP contribution in [-0.4, -0.2) is 48.1 Å². The molecule has 0 aliphatic rings. The average Bonchev–Trinajstić information content (AvgIpc) is 2.42. The Morgan fingerprint density at radius 1 is 1.30 bits per heavy atom. The van der Waals surface area contributed by atoms with Crippen LogP contribution in [0.2, 0.25) is 0 Å². The third-order valence-corrected chi connectivity index (χ3v) is 2.76. The monoisotopic (exact) mass is 274 g/mol. The molecule has 0 bridgehead atoms. The van der Waals surface area contributed by atoms with E-state index in [0.717, 1.165) is 16.7 Å². The van der Waals surface area contributed by atoms with Crippen LogP contribution in [0.5, 0.6) is 0 Å². The number of rotatable bonds is 4. The Kier molecular flexibility index (Phi) is 4.19. The van der Waals surface area contributed by atoms with E-state index < -0.39 is 0 Å². The smallest absolute Gasteiger partial charge is 0.316 e. The Hall–Kier alpha value is -2.57. The lowest BCUT2D eigenvalue weighted by Crippen LogP contribution is -2.37. The van der Waals surface area contributed by atoms with Crippen LogP contribution in [0, 0.1) is 0 Å². The Balaban J connectivity index is 1.98. The SMILES string of the molecule is CN(C)C(=O)NCCNc1ncnc2cc(N)ccc12. The quantitative estimate of drug-likeness (QED) is 0.568. The Bertz CT molecular complexity index is 613. The molecule has 1 aromatic heterocycles. The van der Waals surface area contributed by atoms with Crippen LogP contribution < -0.4 is 16.4 Å². The molecule has 2 aromatic rings. The van der Waals surface area contributed by atoms with E-state index in [-0.39, 0.29) is 6.03 Å². The minimum Gasteiger partial charge on any atom is -0.399 e. The van der Waals surface area contributed by atoms with Gasteiger partial charge in [-0.2, -0.15) is 0 Å². The number of urea groups is 1. The number of hydrogen-bond donors (Lipinski definition) is 3. The van der Waals surface area contributed by atoms with Crippen molar-refractivity contribution in [3.05, 3.63) is 24.5 Å². The second kappa shape index (κ2) is 6.05. The molecular formula is C13H18N6O. The molecule has 106 valence electrons. The summed E-state index contributed by atoms with van der Waals surface area (Å²) in [5.74, 6) is 0.731. The van der Waals surface area contributed by atoms with E-state index in [0.29, 0.717) is 18.8 Å². The fourth-order valence-corrected chi connectivity index (χ4v) is 1.72. The molecular weight excluding hydrogens is 256 g/mol. The summed E-state index contributed by atoms with van der Waals surface area (Å²) in [6.45, 7) is 1.09. The van der Waals surface area contributed by atoms with Gasteiger partial charge in [0.15, 0.2) is 0 Å². The van der Waals surface area contributed by atoms with Crippen LogP contribution in [0.25, 0.3) is 10.9 Å². The second-order valence-electron chi connectivity index (χ2n) is 4.55. The predicted molar refractivity (Wildman–Crippen MR) is 79.5 cm³/mol. The lowest BCUT2D eigenvalue weighted by Gasteiger charge is -2.13. The highest BCUT2D eigenvalue weighted by Crippen LogP contribution is 2.20. The highest BCUT2D eigenvalue weighted by Gasteiger charge is 2.04. The first-order chi connectivity index (χ1) is 9.58. The molecule has 0 aliphatic heterocycles. The van der Waals surface area contributed by atoms with Gasteiger partial charge in [0.05, 0.1) is 5.52 Å². The molecule has 0 spiro atoms. The number of anilines is 2. The van der Waals surface area contributed by atoms with Crippen molar-refractivity contribution >= 4 is 28.4 Å². The van der Waals surface area contributed by atoms with E-state index in [1.54, 1.807) is 20.2 Å². The number of fused-ring (bicyclic) bond motifs is 1. The van der Waals surface area contributed by atoms with Crippen molar-refractivity contribution in [3.8, 4) is 0 Å². The molecule has 7 nitrogen and oxygen atoms in total. The Morgan fingerprint density at radius 2 is 2.10 bits per heavy atom. The number of nitrogen functional groups attached to an aromatic ring is 1. The first kappa shape index (κ1) is 13.9. The van der Waals surface area contributed by atoms with E-state index in [4.69, 9.17) is 5.73 Å². The third kappa shape index (κ3) is 3.25. The predicted octanol–water partition coefficient (Wildman–Crippen LogP) is 0.895. The largest absolute Gasteiger partial charge is 0.399 e. The van der Waals surface area contributed by atoms with Crippen LogP contribution in [0.1, 0.15) is 0 Å². The van der Waals surface area contributed by atoms with Crippen LogP contribution in [0.15, 0.2) is 24.5 Å². The summed E-state index contributed by atoms with van der Waals surface area (Å²) >= 11 is 0. The zero-order chi connectivity index (χ0) is 14.5. The molecule has 0 fully saturated rings. The fourth-order valence-electron chi connectivity index (χ4n) is 1.72. The van der Waals surface area contributed by atoms with Crippen molar-refractivity contribution in [1.82, 2.24) is 20.2 Å². The molecule has 0 saturated heterocycles. The van der Waals surface area contributed by atoms with Crippen LogP contribution in [0.3, 0.4) is 0 Å². The van der Waals surface area contributed by atoms with E-state index in [1.165, 1.54) is 11.2 Å². The number of carbonyl (C=O) groups excluding carboxylic acids is 1. The highest BCUT2D eigenvalue weighted by molar-refractivity contribution is 5.90. The number of amides is 2. The summed E-state index contributed by atoms with van der Waals surface area (Å²) in [7, 11) is 3.40. The maximum atomic E-state index is 11.4.